The van der Waals surface area contributed by atoms with Crippen LogP contribution in [0.15, 0.2) is 27.4 Å². The van der Waals surface area contributed by atoms with Crippen molar-refractivity contribution < 1.29 is 9.50 Å². The standard InChI is InChI=1S/C12H13FN2OS2/c1-3-10-14-12(18-15-10)17-9-6-4-5-8(13)11(9)7(2)16/h4-7,16H,3H2,1-2H3. The second-order valence-electron chi connectivity index (χ2n) is 3.76. The smallest absolute Gasteiger partial charge is 0.174 e. The van der Waals surface area contributed by atoms with Crippen LogP contribution < -0.4 is 0 Å². The third-order valence-electron chi connectivity index (χ3n) is 2.39. The van der Waals surface area contributed by atoms with Crippen LogP contribution in [-0.4, -0.2) is 14.5 Å². The van der Waals surface area contributed by atoms with Gasteiger partial charge in [-0.15, -0.1) is 0 Å². The fourth-order valence-electron chi connectivity index (χ4n) is 1.53. The van der Waals surface area contributed by atoms with E-state index in [9.17, 15) is 9.50 Å². The molecule has 2 rings (SSSR count). The number of aliphatic hydroxyl groups excluding tert-OH is 1. The summed E-state index contributed by atoms with van der Waals surface area (Å²) >= 11 is 2.63. The van der Waals surface area contributed by atoms with E-state index in [0.717, 1.165) is 16.6 Å². The van der Waals surface area contributed by atoms with E-state index in [1.54, 1.807) is 19.1 Å². The minimum absolute atomic E-state index is 0.316. The van der Waals surface area contributed by atoms with E-state index in [1.807, 2.05) is 6.92 Å². The first-order valence-electron chi connectivity index (χ1n) is 5.58. The van der Waals surface area contributed by atoms with Gasteiger partial charge in [0.05, 0.1) is 6.10 Å². The first-order chi connectivity index (χ1) is 8.61. The summed E-state index contributed by atoms with van der Waals surface area (Å²) in [6.07, 6.45) is -0.0593. The van der Waals surface area contributed by atoms with E-state index in [-0.39, 0.29) is 0 Å². The van der Waals surface area contributed by atoms with E-state index in [0.29, 0.717) is 10.5 Å². The van der Waals surface area contributed by atoms with Crippen molar-refractivity contribution in [3.8, 4) is 0 Å². The Labute approximate surface area is 113 Å². The van der Waals surface area contributed by atoms with Gasteiger partial charge in [-0.25, -0.2) is 9.37 Å². The van der Waals surface area contributed by atoms with Gasteiger partial charge in [0.1, 0.15) is 11.6 Å². The average Bonchev–Trinajstić information content (AvgIpc) is 2.76. The summed E-state index contributed by atoms with van der Waals surface area (Å²) in [5, 5.41) is 9.63. The molecule has 0 aliphatic carbocycles. The molecule has 3 nitrogen and oxygen atoms in total. The molecule has 1 unspecified atom stereocenters. The predicted molar refractivity (Wildman–Crippen MR) is 70.4 cm³/mol. The lowest BCUT2D eigenvalue weighted by Crippen LogP contribution is -1.98. The third-order valence-corrected chi connectivity index (χ3v) is 4.26. The third kappa shape index (κ3) is 2.88. The molecule has 0 aliphatic heterocycles. The molecule has 0 fully saturated rings. The number of benzene rings is 1. The van der Waals surface area contributed by atoms with E-state index >= 15 is 0 Å². The molecule has 0 aliphatic rings. The summed E-state index contributed by atoms with van der Waals surface area (Å²) in [7, 11) is 0. The van der Waals surface area contributed by atoms with Crippen molar-refractivity contribution >= 4 is 23.3 Å². The highest BCUT2D eigenvalue weighted by Gasteiger charge is 2.15. The monoisotopic (exact) mass is 284 g/mol. The van der Waals surface area contributed by atoms with E-state index < -0.39 is 11.9 Å². The molecule has 0 saturated heterocycles. The Morgan fingerprint density at radius 1 is 1.50 bits per heavy atom. The highest BCUT2D eigenvalue weighted by Crippen LogP contribution is 2.35. The lowest BCUT2D eigenvalue weighted by Gasteiger charge is -2.11. The van der Waals surface area contributed by atoms with Crippen LogP contribution in [0.2, 0.25) is 0 Å². The highest BCUT2D eigenvalue weighted by atomic mass is 32.2. The minimum atomic E-state index is -0.840. The molecule has 1 aromatic carbocycles. The Kier molecular flexibility index (Phi) is 4.31. The number of aliphatic hydroxyl groups is 1. The number of aryl methyl sites for hydroxylation is 1. The Morgan fingerprint density at radius 3 is 2.89 bits per heavy atom. The van der Waals surface area contributed by atoms with Gasteiger partial charge in [0.15, 0.2) is 4.34 Å². The second kappa shape index (κ2) is 5.77. The van der Waals surface area contributed by atoms with Crippen molar-refractivity contribution in [2.24, 2.45) is 0 Å². The van der Waals surface area contributed by atoms with Crippen molar-refractivity contribution in [2.75, 3.05) is 0 Å². The summed E-state index contributed by atoms with van der Waals surface area (Å²) < 4.78 is 18.6. The zero-order chi connectivity index (χ0) is 13.1. The van der Waals surface area contributed by atoms with Crippen molar-refractivity contribution in [1.82, 2.24) is 9.36 Å². The number of aromatic nitrogens is 2. The summed E-state index contributed by atoms with van der Waals surface area (Å²) in [5.74, 6) is 0.396. The van der Waals surface area contributed by atoms with Crippen molar-refractivity contribution in [3.63, 3.8) is 0 Å². The first-order valence-corrected chi connectivity index (χ1v) is 7.17. The Hall–Kier alpha value is -0.980. The van der Waals surface area contributed by atoms with Gasteiger partial charge in [0.2, 0.25) is 0 Å². The van der Waals surface area contributed by atoms with Crippen LogP contribution in [0.5, 0.6) is 0 Å². The van der Waals surface area contributed by atoms with Gasteiger partial charge in [-0.2, -0.15) is 4.37 Å². The van der Waals surface area contributed by atoms with Gasteiger partial charge < -0.3 is 5.11 Å². The van der Waals surface area contributed by atoms with Crippen LogP contribution in [0.3, 0.4) is 0 Å². The Bertz CT molecular complexity index is 543. The van der Waals surface area contributed by atoms with Gasteiger partial charge in [-0.1, -0.05) is 24.8 Å². The van der Waals surface area contributed by atoms with Gasteiger partial charge in [0.25, 0.3) is 0 Å². The second-order valence-corrected chi connectivity index (χ2v) is 5.80. The molecular weight excluding hydrogens is 271 g/mol. The van der Waals surface area contributed by atoms with Gasteiger partial charge in [-0.3, -0.25) is 0 Å². The molecule has 0 bridgehead atoms. The summed E-state index contributed by atoms with van der Waals surface area (Å²) in [6, 6.07) is 4.76. The van der Waals surface area contributed by atoms with Crippen LogP contribution in [-0.2, 0) is 6.42 Å². The van der Waals surface area contributed by atoms with E-state index in [4.69, 9.17) is 0 Å². The molecule has 96 valence electrons. The lowest BCUT2D eigenvalue weighted by molar-refractivity contribution is 0.191. The minimum Gasteiger partial charge on any atom is -0.389 e. The van der Waals surface area contributed by atoms with E-state index in [1.165, 1.54) is 29.4 Å². The molecule has 0 amide bonds. The first kappa shape index (κ1) is 13.5. The summed E-state index contributed by atoms with van der Waals surface area (Å²) in [5.41, 5.74) is 0.316. The molecule has 1 N–H and O–H groups in total. The molecule has 0 radical (unpaired) electrons. The molecular formula is C12H13FN2OS2. The van der Waals surface area contributed by atoms with Crippen LogP contribution >= 0.6 is 23.3 Å². The SMILES string of the molecule is CCc1nsc(Sc2cccc(F)c2C(C)O)n1. The topological polar surface area (TPSA) is 46.0 Å². The molecule has 0 spiro atoms. The average molecular weight is 284 g/mol. The summed E-state index contributed by atoms with van der Waals surface area (Å²) in [4.78, 5) is 5.00. The molecule has 1 heterocycles. The normalized spacial score (nSPS) is 12.7. The Morgan fingerprint density at radius 2 is 2.28 bits per heavy atom. The number of hydrogen-bond donors (Lipinski definition) is 1. The van der Waals surface area contributed by atoms with Crippen molar-refractivity contribution in [3.05, 3.63) is 35.4 Å². The quantitative estimate of drug-likeness (QED) is 0.934. The fraction of sp³-hybridized carbons (Fsp3) is 0.333. The van der Waals surface area contributed by atoms with Crippen LogP contribution in [0.1, 0.15) is 31.3 Å². The number of halogens is 1. The Balaban J connectivity index is 2.31. The van der Waals surface area contributed by atoms with E-state index in [2.05, 4.69) is 9.36 Å². The molecule has 1 aromatic heterocycles. The summed E-state index contributed by atoms with van der Waals surface area (Å²) in [6.45, 7) is 3.54. The maximum atomic E-state index is 13.7. The maximum Gasteiger partial charge on any atom is 0.174 e. The van der Waals surface area contributed by atoms with Gasteiger partial charge in [0, 0.05) is 16.9 Å². The maximum absolute atomic E-state index is 13.7. The zero-order valence-corrected chi connectivity index (χ0v) is 11.7. The highest BCUT2D eigenvalue weighted by molar-refractivity contribution is 8.01. The molecule has 6 heteroatoms. The molecule has 2 aromatic rings. The molecule has 1 atom stereocenters. The van der Waals surface area contributed by atoms with Gasteiger partial charge >= 0.3 is 0 Å². The lowest BCUT2D eigenvalue weighted by atomic mass is 10.1. The number of nitrogens with zero attached hydrogens (tertiary/aromatic N) is 2. The molecule has 18 heavy (non-hydrogen) atoms. The number of rotatable bonds is 4. The predicted octanol–water partition coefficient (Wildman–Crippen LogP) is 3.44. The van der Waals surface area contributed by atoms with Gasteiger partial charge in [-0.05, 0) is 30.6 Å². The fourth-order valence-corrected chi connectivity index (χ4v) is 3.42. The van der Waals surface area contributed by atoms with Crippen molar-refractivity contribution in [2.45, 2.75) is 35.6 Å². The van der Waals surface area contributed by atoms with Crippen LogP contribution in [0.4, 0.5) is 4.39 Å². The zero-order valence-electron chi connectivity index (χ0n) is 10.1. The molecule has 0 saturated carbocycles. The number of hydrogen-bond acceptors (Lipinski definition) is 5. The van der Waals surface area contributed by atoms with Crippen LogP contribution in [0, 0.1) is 5.82 Å². The van der Waals surface area contributed by atoms with Crippen LogP contribution in [0.25, 0.3) is 0 Å². The largest absolute Gasteiger partial charge is 0.389 e. The van der Waals surface area contributed by atoms with Crippen molar-refractivity contribution in [1.29, 1.82) is 0 Å².